The molecule has 88 valence electrons. The van der Waals surface area contributed by atoms with Crippen LogP contribution in [0.4, 0.5) is 0 Å². The van der Waals surface area contributed by atoms with Crippen molar-refractivity contribution in [3.05, 3.63) is 0 Å². The average Bonchev–Trinajstić information content (AvgIpc) is 2.43. The van der Waals surface area contributed by atoms with E-state index in [9.17, 15) is 4.79 Å². The van der Waals surface area contributed by atoms with E-state index in [4.69, 9.17) is 5.11 Å². The molecule has 1 atom stereocenters. The van der Waals surface area contributed by atoms with Crippen LogP contribution in [-0.4, -0.2) is 42.0 Å². The van der Waals surface area contributed by atoms with Crippen LogP contribution in [0.5, 0.6) is 0 Å². The molecule has 0 spiro atoms. The van der Waals surface area contributed by atoms with Gasteiger partial charge in [0.25, 0.3) is 0 Å². The van der Waals surface area contributed by atoms with Crippen LogP contribution in [-0.2, 0) is 4.79 Å². The summed E-state index contributed by atoms with van der Waals surface area (Å²) in [7, 11) is 0. The van der Waals surface area contributed by atoms with E-state index in [1.54, 1.807) is 0 Å². The molecule has 1 aliphatic rings. The third kappa shape index (κ3) is 4.31. The Kier molecular flexibility index (Phi) is 5.88. The Bertz CT molecular complexity index is 194. The molecule has 1 saturated carbocycles. The van der Waals surface area contributed by atoms with Crippen molar-refractivity contribution in [1.82, 2.24) is 4.90 Å². The summed E-state index contributed by atoms with van der Waals surface area (Å²) in [5, 5.41) is 8.89. The molecule has 3 nitrogen and oxygen atoms in total. The van der Waals surface area contributed by atoms with Crippen molar-refractivity contribution in [2.75, 3.05) is 26.2 Å². The number of hydrogen-bond acceptors (Lipinski definition) is 3. The molecule has 0 aliphatic heterocycles. The first-order valence-corrected chi connectivity index (χ1v) is 6.13. The van der Waals surface area contributed by atoms with Crippen LogP contribution in [0, 0.1) is 5.92 Å². The number of Topliss-reactive ketones (excluding diaryl/α,β-unsaturated/α-hetero) is 1. The fourth-order valence-corrected chi connectivity index (χ4v) is 2.26. The molecule has 1 N–H and O–H groups in total. The van der Waals surface area contributed by atoms with E-state index >= 15 is 0 Å². The second-order valence-electron chi connectivity index (χ2n) is 4.38. The van der Waals surface area contributed by atoms with Crippen molar-refractivity contribution in [3.8, 4) is 0 Å². The van der Waals surface area contributed by atoms with Gasteiger partial charge in [-0.3, -0.25) is 4.79 Å². The molecule has 0 aromatic rings. The summed E-state index contributed by atoms with van der Waals surface area (Å²) in [6.07, 6.45) is 5.27. The molecule has 0 heterocycles. The topological polar surface area (TPSA) is 40.5 Å². The lowest BCUT2D eigenvalue weighted by Crippen LogP contribution is -2.34. The van der Waals surface area contributed by atoms with Crippen LogP contribution >= 0.6 is 0 Å². The Labute approximate surface area is 92.5 Å². The third-order valence-electron chi connectivity index (χ3n) is 3.27. The monoisotopic (exact) mass is 213 g/mol. The van der Waals surface area contributed by atoms with Gasteiger partial charge >= 0.3 is 0 Å². The summed E-state index contributed by atoms with van der Waals surface area (Å²) in [4.78, 5) is 14.0. The number of hydrogen-bond donors (Lipinski definition) is 1. The van der Waals surface area contributed by atoms with Crippen molar-refractivity contribution in [2.45, 2.75) is 39.0 Å². The predicted molar refractivity (Wildman–Crippen MR) is 60.8 cm³/mol. The van der Waals surface area contributed by atoms with Gasteiger partial charge in [-0.05, 0) is 19.4 Å². The molecule has 0 aromatic heterocycles. The minimum atomic E-state index is 0.189. The second-order valence-corrected chi connectivity index (χ2v) is 4.38. The molecule has 0 radical (unpaired) electrons. The quantitative estimate of drug-likeness (QED) is 0.703. The number of carbonyl (C=O) groups is 1. The second kappa shape index (κ2) is 6.96. The van der Waals surface area contributed by atoms with Gasteiger partial charge in [0.1, 0.15) is 5.78 Å². The molecule has 15 heavy (non-hydrogen) atoms. The van der Waals surface area contributed by atoms with Gasteiger partial charge < -0.3 is 10.0 Å². The first kappa shape index (κ1) is 12.7. The Morgan fingerprint density at radius 3 is 2.87 bits per heavy atom. The summed E-state index contributed by atoms with van der Waals surface area (Å²) in [5.74, 6) is 0.655. The molecule has 1 unspecified atom stereocenters. The van der Waals surface area contributed by atoms with E-state index in [1.165, 1.54) is 12.8 Å². The van der Waals surface area contributed by atoms with Crippen LogP contribution < -0.4 is 0 Å². The molecular formula is C12H23NO2. The van der Waals surface area contributed by atoms with Crippen molar-refractivity contribution in [2.24, 2.45) is 5.92 Å². The Morgan fingerprint density at radius 1 is 1.40 bits per heavy atom. The van der Waals surface area contributed by atoms with E-state index < -0.39 is 0 Å². The van der Waals surface area contributed by atoms with Gasteiger partial charge in [0.05, 0.1) is 6.61 Å². The van der Waals surface area contributed by atoms with Crippen molar-refractivity contribution >= 4 is 5.78 Å². The van der Waals surface area contributed by atoms with Crippen LogP contribution in [0.2, 0.25) is 0 Å². The van der Waals surface area contributed by atoms with Gasteiger partial charge in [0.2, 0.25) is 0 Å². The lowest BCUT2D eigenvalue weighted by molar-refractivity contribution is -0.123. The number of ketones is 1. The minimum Gasteiger partial charge on any atom is -0.395 e. The largest absolute Gasteiger partial charge is 0.395 e. The standard InChI is InChI=1S/C12H23NO2/c1-2-13(8-9-14)10-11-6-4-3-5-7-12(11)15/h11,14H,2-10H2,1H3. The third-order valence-corrected chi connectivity index (χ3v) is 3.27. The summed E-state index contributed by atoms with van der Waals surface area (Å²) < 4.78 is 0. The predicted octanol–water partition coefficient (Wildman–Crippen LogP) is 1.45. The van der Waals surface area contributed by atoms with Crippen molar-refractivity contribution < 1.29 is 9.90 Å². The highest BCUT2D eigenvalue weighted by molar-refractivity contribution is 5.81. The summed E-state index contributed by atoms with van der Waals surface area (Å²) >= 11 is 0. The number of nitrogens with zero attached hydrogens (tertiary/aromatic N) is 1. The lowest BCUT2D eigenvalue weighted by atomic mass is 9.98. The number of aliphatic hydroxyl groups excluding tert-OH is 1. The maximum Gasteiger partial charge on any atom is 0.137 e. The molecule has 0 aromatic carbocycles. The molecule has 1 rings (SSSR count). The highest BCUT2D eigenvalue weighted by atomic mass is 16.3. The van der Waals surface area contributed by atoms with Crippen molar-refractivity contribution in [3.63, 3.8) is 0 Å². The van der Waals surface area contributed by atoms with Crippen LogP contribution in [0.3, 0.4) is 0 Å². The van der Waals surface area contributed by atoms with Crippen molar-refractivity contribution in [1.29, 1.82) is 0 Å². The van der Waals surface area contributed by atoms with Gasteiger partial charge in [0.15, 0.2) is 0 Å². The maximum absolute atomic E-state index is 11.8. The number of likely N-dealkylation sites (N-methyl/N-ethyl adjacent to an activating group) is 1. The zero-order chi connectivity index (χ0) is 11.1. The summed E-state index contributed by atoms with van der Waals surface area (Å²) in [6, 6.07) is 0. The molecule has 1 fully saturated rings. The lowest BCUT2D eigenvalue weighted by Gasteiger charge is -2.24. The van der Waals surface area contributed by atoms with E-state index in [1.807, 2.05) is 0 Å². The van der Waals surface area contributed by atoms with E-state index in [2.05, 4.69) is 11.8 Å². The first-order valence-electron chi connectivity index (χ1n) is 6.13. The molecule has 0 saturated heterocycles. The fraction of sp³-hybridized carbons (Fsp3) is 0.917. The molecule has 0 amide bonds. The van der Waals surface area contributed by atoms with Crippen LogP contribution in [0.1, 0.15) is 39.0 Å². The summed E-state index contributed by atoms with van der Waals surface area (Å²) in [6.45, 7) is 4.73. The first-order chi connectivity index (χ1) is 7.27. The highest BCUT2D eigenvalue weighted by Crippen LogP contribution is 2.20. The summed E-state index contributed by atoms with van der Waals surface area (Å²) in [5.41, 5.74) is 0. The maximum atomic E-state index is 11.8. The van der Waals surface area contributed by atoms with E-state index in [0.717, 1.165) is 32.4 Å². The number of aliphatic hydroxyl groups is 1. The van der Waals surface area contributed by atoms with Crippen LogP contribution in [0.15, 0.2) is 0 Å². The fourth-order valence-electron chi connectivity index (χ4n) is 2.26. The number of carbonyl (C=O) groups excluding carboxylic acids is 1. The molecule has 3 heteroatoms. The smallest absolute Gasteiger partial charge is 0.137 e. The molecule has 1 aliphatic carbocycles. The molecule has 0 bridgehead atoms. The Hall–Kier alpha value is -0.410. The van der Waals surface area contributed by atoms with Gasteiger partial charge in [0, 0.05) is 25.4 Å². The number of rotatable bonds is 5. The normalized spacial score (nSPS) is 23.1. The van der Waals surface area contributed by atoms with Gasteiger partial charge in [-0.2, -0.15) is 0 Å². The van der Waals surface area contributed by atoms with Gasteiger partial charge in [-0.1, -0.05) is 19.8 Å². The van der Waals surface area contributed by atoms with Gasteiger partial charge in [-0.25, -0.2) is 0 Å². The highest BCUT2D eigenvalue weighted by Gasteiger charge is 2.22. The van der Waals surface area contributed by atoms with Gasteiger partial charge in [-0.15, -0.1) is 0 Å². The van der Waals surface area contributed by atoms with E-state index in [0.29, 0.717) is 12.3 Å². The Morgan fingerprint density at radius 2 is 2.20 bits per heavy atom. The molecular weight excluding hydrogens is 190 g/mol. The SMILES string of the molecule is CCN(CCO)CC1CCCCCC1=O. The Balaban J connectivity index is 2.42. The zero-order valence-corrected chi connectivity index (χ0v) is 9.74. The zero-order valence-electron chi connectivity index (χ0n) is 9.74. The van der Waals surface area contributed by atoms with E-state index in [-0.39, 0.29) is 12.5 Å². The average molecular weight is 213 g/mol. The minimum absolute atomic E-state index is 0.189. The van der Waals surface area contributed by atoms with Crippen LogP contribution in [0.25, 0.3) is 0 Å².